The van der Waals surface area contributed by atoms with Crippen molar-refractivity contribution in [1.29, 1.82) is 5.26 Å². The van der Waals surface area contributed by atoms with Crippen LogP contribution in [-0.2, 0) is 0 Å². The van der Waals surface area contributed by atoms with E-state index in [4.69, 9.17) is 15.1 Å². The van der Waals surface area contributed by atoms with Crippen molar-refractivity contribution in [3.05, 3.63) is 28.6 Å². The number of hydrogen-bond acceptors (Lipinski definition) is 3. The number of benzene rings is 1. The molecule has 0 saturated carbocycles. The second-order valence-corrected chi connectivity index (χ2v) is 2.86. The molecule has 0 heterocycles. The van der Waals surface area contributed by atoms with Gasteiger partial charge in [-0.25, -0.2) is 9.18 Å². The van der Waals surface area contributed by atoms with Crippen LogP contribution in [0.3, 0.4) is 0 Å². The average molecular weight is 209 g/mol. The number of hydrogen-bond donors (Lipinski definition) is 1. The van der Waals surface area contributed by atoms with E-state index in [-0.39, 0.29) is 22.4 Å². The van der Waals surface area contributed by atoms with Crippen LogP contribution in [0.2, 0.25) is 0 Å². The lowest BCUT2D eigenvalue weighted by atomic mass is 10.0. The van der Waals surface area contributed by atoms with Gasteiger partial charge in [-0.15, -0.1) is 0 Å². The molecule has 0 fully saturated rings. The summed E-state index contributed by atoms with van der Waals surface area (Å²) in [6.07, 6.45) is 0. The zero-order chi connectivity index (χ0) is 11.6. The van der Waals surface area contributed by atoms with Crippen molar-refractivity contribution in [2.75, 3.05) is 7.11 Å². The molecule has 0 aromatic heterocycles. The third kappa shape index (κ3) is 1.74. The molecule has 4 nitrogen and oxygen atoms in total. The Balaban J connectivity index is 3.58. The Morgan fingerprint density at radius 2 is 2.27 bits per heavy atom. The maximum absolute atomic E-state index is 13.5. The first-order valence-corrected chi connectivity index (χ1v) is 4.03. The Morgan fingerprint density at radius 3 is 2.67 bits per heavy atom. The quantitative estimate of drug-likeness (QED) is 0.804. The van der Waals surface area contributed by atoms with Crippen LogP contribution in [0, 0.1) is 24.1 Å². The summed E-state index contributed by atoms with van der Waals surface area (Å²) in [7, 11) is 1.25. The molecule has 0 radical (unpaired) electrons. The predicted molar refractivity (Wildman–Crippen MR) is 49.4 cm³/mol. The number of halogens is 1. The van der Waals surface area contributed by atoms with Gasteiger partial charge in [0.25, 0.3) is 0 Å². The Bertz CT molecular complexity index is 463. The van der Waals surface area contributed by atoms with Gasteiger partial charge < -0.3 is 9.84 Å². The number of aromatic carboxylic acids is 1. The van der Waals surface area contributed by atoms with E-state index in [2.05, 4.69) is 0 Å². The minimum absolute atomic E-state index is 0.0696. The molecule has 1 aromatic carbocycles. The van der Waals surface area contributed by atoms with E-state index in [1.54, 1.807) is 6.07 Å². The van der Waals surface area contributed by atoms with Crippen LogP contribution in [0.1, 0.15) is 21.5 Å². The molecule has 0 aliphatic carbocycles. The number of nitriles is 1. The lowest BCUT2D eigenvalue weighted by molar-refractivity contribution is 0.0695. The number of carboxylic acids is 1. The van der Waals surface area contributed by atoms with Crippen LogP contribution in [0.25, 0.3) is 0 Å². The molecule has 0 aliphatic rings. The summed E-state index contributed by atoms with van der Waals surface area (Å²) < 4.78 is 18.2. The third-order valence-corrected chi connectivity index (χ3v) is 2.04. The largest absolute Gasteiger partial charge is 0.495 e. The third-order valence-electron chi connectivity index (χ3n) is 2.04. The van der Waals surface area contributed by atoms with E-state index in [0.717, 1.165) is 6.07 Å². The normalized spacial score (nSPS) is 9.47. The van der Waals surface area contributed by atoms with Crippen LogP contribution in [0.5, 0.6) is 5.75 Å². The van der Waals surface area contributed by atoms with Crippen LogP contribution < -0.4 is 4.74 Å². The number of rotatable bonds is 2. The van der Waals surface area contributed by atoms with Gasteiger partial charge in [0, 0.05) is 5.56 Å². The van der Waals surface area contributed by atoms with Crippen LogP contribution in [-0.4, -0.2) is 18.2 Å². The molecular formula is C10H8FNO3. The van der Waals surface area contributed by atoms with E-state index in [0.29, 0.717) is 0 Å². The summed E-state index contributed by atoms with van der Waals surface area (Å²) in [5.41, 5.74) is -0.553. The standard InChI is InChI=1S/C10H8FNO3/c1-5-6(10(13)14)3-8(15-2)7(4-12)9(5)11/h3H,1-2H3,(H,13,14). The van der Waals surface area contributed by atoms with Crippen LogP contribution >= 0.6 is 0 Å². The maximum atomic E-state index is 13.5. The van der Waals surface area contributed by atoms with Crippen molar-refractivity contribution in [2.45, 2.75) is 6.92 Å². The molecule has 0 atom stereocenters. The highest BCUT2D eigenvalue weighted by Gasteiger charge is 2.19. The highest BCUT2D eigenvalue weighted by molar-refractivity contribution is 5.90. The van der Waals surface area contributed by atoms with Crippen LogP contribution in [0.15, 0.2) is 6.07 Å². The summed E-state index contributed by atoms with van der Waals surface area (Å²) in [6.45, 7) is 1.30. The van der Waals surface area contributed by atoms with E-state index >= 15 is 0 Å². The molecule has 0 bridgehead atoms. The summed E-state index contributed by atoms with van der Waals surface area (Å²) in [6, 6.07) is 2.77. The van der Waals surface area contributed by atoms with Gasteiger partial charge in [0.2, 0.25) is 0 Å². The molecule has 5 heteroatoms. The fraction of sp³-hybridized carbons (Fsp3) is 0.200. The van der Waals surface area contributed by atoms with Gasteiger partial charge in [-0.2, -0.15) is 5.26 Å². The summed E-state index contributed by atoms with van der Waals surface area (Å²) in [4.78, 5) is 10.7. The minimum atomic E-state index is -1.26. The number of carboxylic acid groups (broad SMARTS) is 1. The number of methoxy groups -OCH3 is 1. The highest BCUT2D eigenvalue weighted by Crippen LogP contribution is 2.26. The SMILES string of the molecule is COc1cc(C(=O)O)c(C)c(F)c1C#N. The first-order valence-electron chi connectivity index (χ1n) is 4.03. The number of nitrogens with zero attached hydrogens (tertiary/aromatic N) is 1. The van der Waals surface area contributed by atoms with E-state index in [1.165, 1.54) is 14.0 Å². The minimum Gasteiger partial charge on any atom is -0.495 e. The maximum Gasteiger partial charge on any atom is 0.336 e. The smallest absolute Gasteiger partial charge is 0.336 e. The molecule has 0 spiro atoms. The molecule has 1 N–H and O–H groups in total. The van der Waals surface area contributed by atoms with Gasteiger partial charge in [-0.3, -0.25) is 0 Å². The first-order chi connectivity index (χ1) is 7.02. The topological polar surface area (TPSA) is 70.3 Å². The van der Waals surface area contributed by atoms with Gasteiger partial charge in [0.05, 0.1) is 12.7 Å². The second kappa shape index (κ2) is 3.96. The average Bonchev–Trinajstić information content (AvgIpc) is 2.21. The van der Waals surface area contributed by atoms with Gasteiger partial charge in [-0.05, 0) is 13.0 Å². The van der Waals surface area contributed by atoms with Crippen molar-refractivity contribution in [2.24, 2.45) is 0 Å². The van der Waals surface area contributed by atoms with Gasteiger partial charge >= 0.3 is 5.97 Å². The Labute approximate surface area is 85.5 Å². The molecule has 0 amide bonds. The van der Waals surface area contributed by atoms with E-state index < -0.39 is 11.8 Å². The van der Waals surface area contributed by atoms with Crippen molar-refractivity contribution in [1.82, 2.24) is 0 Å². The number of carbonyl (C=O) groups is 1. The summed E-state index contributed by atoms with van der Waals surface area (Å²) in [5.74, 6) is -2.18. The molecule has 1 rings (SSSR count). The van der Waals surface area contributed by atoms with Gasteiger partial charge in [-0.1, -0.05) is 0 Å². The highest BCUT2D eigenvalue weighted by atomic mass is 19.1. The Kier molecular flexibility index (Phi) is 2.90. The zero-order valence-electron chi connectivity index (χ0n) is 8.17. The second-order valence-electron chi connectivity index (χ2n) is 2.86. The lowest BCUT2D eigenvalue weighted by Crippen LogP contribution is -2.05. The van der Waals surface area contributed by atoms with E-state index in [1.807, 2.05) is 0 Å². The lowest BCUT2D eigenvalue weighted by Gasteiger charge is -2.08. The van der Waals surface area contributed by atoms with Crippen molar-refractivity contribution in [3.8, 4) is 11.8 Å². The first kappa shape index (κ1) is 11.0. The Morgan fingerprint density at radius 1 is 1.67 bits per heavy atom. The molecule has 15 heavy (non-hydrogen) atoms. The summed E-state index contributed by atoms with van der Waals surface area (Å²) >= 11 is 0. The van der Waals surface area contributed by atoms with E-state index in [9.17, 15) is 9.18 Å². The monoisotopic (exact) mass is 209 g/mol. The van der Waals surface area contributed by atoms with Crippen molar-refractivity contribution < 1.29 is 19.0 Å². The summed E-state index contributed by atoms with van der Waals surface area (Å²) in [5, 5.41) is 17.4. The van der Waals surface area contributed by atoms with Crippen LogP contribution in [0.4, 0.5) is 4.39 Å². The molecule has 0 saturated heterocycles. The molecule has 0 unspecified atom stereocenters. The zero-order valence-corrected chi connectivity index (χ0v) is 8.17. The fourth-order valence-electron chi connectivity index (χ4n) is 1.21. The van der Waals surface area contributed by atoms with Crippen molar-refractivity contribution in [3.63, 3.8) is 0 Å². The fourth-order valence-corrected chi connectivity index (χ4v) is 1.21. The Hall–Kier alpha value is -2.09. The predicted octanol–water partition coefficient (Wildman–Crippen LogP) is 1.71. The molecular weight excluding hydrogens is 201 g/mol. The number of ether oxygens (including phenoxy) is 1. The van der Waals surface area contributed by atoms with Gasteiger partial charge in [0.15, 0.2) is 0 Å². The van der Waals surface area contributed by atoms with Gasteiger partial charge in [0.1, 0.15) is 23.2 Å². The molecule has 78 valence electrons. The molecule has 1 aromatic rings. The molecule has 0 aliphatic heterocycles. The van der Waals surface area contributed by atoms with Crippen molar-refractivity contribution >= 4 is 5.97 Å².